The Morgan fingerprint density at radius 3 is 3.00 bits per heavy atom. The molecule has 0 aromatic rings. The van der Waals surface area contributed by atoms with Crippen LogP contribution in [0.15, 0.2) is 0 Å². The Kier molecular flexibility index (Phi) is 6.05. The molecule has 0 aromatic heterocycles. The van der Waals surface area contributed by atoms with Crippen molar-refractivity contribution < 1.29 is 14.6 Å². The number of carbonyl (C=O) groups excluding carboxylic acids is 1. The van der Waals surface area contributed by atoms with E-state index >= 15 is 0 Å². The third-order valence-electron chi connectivity index (χ3n) is 3.61. The lowest BCUT2D eigenvalue weighted by atomic mass is 9.76. The van der Waals surface area contributed by atoms with Crippen LogP contribution in [0.2, 0.25) is 0 Å². The van der Waals surface area contributed by atoms with Crippen molar-refractivity contribution in [3.63, 3.8) is 0 Å². The minimum atomic E-state index is -0.718. The Morgan fingerprint density at radius 2 is 2.39 bits per heavy atom. The molecular formula is C13H26N2O3. The third-order valence-corrected chi connectivity index (χ3v) is 3.61. The summed E-state index contributed by atoms with van der Waals surface area (Å²) in [5.41, 5.74) is 5.45. The molecule has 5 nitrogen and oxygen atoms in total. The zero-order valence-corrected chi connectivity index (χ0v) is 11.4. The summed E-state index contributed by atoms with van der Waals surface area (Å²) in [6, 6.07) is 0. The maximum Gasteiger partial charge on any atom is 0.240 e. The lowest BCUT2D eigenvalue weighted by Crippen LogP contribution is -2.56. The first-order chi connectivity index (χ1) is 8.48. The monoisotopic (exact) mass is 258 g/mol. The number of aliphatic hydroxyl groups is 1. The minimum absolute atomic E-state index is 0.0846. The van der Waals surface area contributed by atoms with Crippen LogP contribution in [0.3, 0.4) is 0 Å². The van der Waals surface area contributed by atoms with Crippen LogP contribution in [0.25, 0.3) is 0 Å². The number of carbonyl (C=O) groups is 1. The van der Waals surface area contributed by atoms with Gasteiger partial charge < -0.3 is 20.9 Å². The van der Waals surface area contributed by atoms with Crippen molar-refractivity contribution in [2.45, 2.75) is 50.7 Å². The first kappa shape index (κ1) is 15.4. The van der Waals surface area contributed by atoms with Crippen molar-refractivity contribution in [2.24, 2.45) is 11.7 Å². The molecule has 5 heteroatoms. The number of amides is 1. The Bertz CT molecular complexity index is 273. The molecule has 0 heterocycles. The fourth-order valence-corrected chi connectivity index (χ4v) is 2.60. The fraction of sp³-hybridized carbons (Fsp3) is 0.923. The van der Waals surface area contributed by atoms with Gasteiger partial charge in [-0.1, -0.05) is 19.8 Å². The van der Waals surface area contributed by atoms with Crippen molar-refractivity contribution in [1.82, 2.24) is 5.32 Å². The molecule has 3 unspecified atom stereocenters. The van der Waals surface area contributed by atoms with Crippen LogP contribution in [-0.2, 0) is 9.53 Å². The van der Waals surface area contributed by atoms with Crippen LogP contribution in [-0.4, -0.2) is 42.9 Å². The Hall–Kier alpha value is -0.650. The molecule has 0 radical (unpaired) electrons. The smallest absolute Gasteiger partial charge is 0.240 e. The maximum absolute atomic E-state index is 12.1. The molecule has 0 aliphatic heterocycles. The number of hydrogen-bond donors (Lipinski definition) is 3. The van der Waals surface area contributed by atoms with E-state index in [4.69, 9.17) is 10.5 Å². The van der Waals surface area contributed by atoms with E-state index in [1.54, 1.807) is 7.11 Å². The zero-order chi connectivity index (χ0) is 13.6. The second kappa shape index (κ2) is 7.07. The summed E-state index contributed by atoms with van der Waals surface area (Å²) in [6.45, 7) is 2.87. The molecule has 0 spiro atoms. The van der Waals surface area contributed by atoms with Gasteiger partial charge in [0, 0.05) is 13.7 Å². The van der Waals surface area contributed by atoms with Gasteiger partial charge >= 0.3 is 0 Å². The second-order valence-corrected chi connectivity index (χ2v) is 5.51. The SMILES string of the molecule is COCC(O)CCNC(=O)C1(N)CCCC(C)C1. The topological polar surface area (TPSA) is 84.6 Å². The van der Waals surface area contributed by atoms with Gasteiger partial charge in [0.15, 0.2) is 0 Å². The van der Waals surface area contributed by atoms with Gasteiger partial charge in [0.1, 0.15) is 0 Å². The maximum atomic E-state index is 12.1. The first-order valence-electron chi connectivity index (χ1n) is 6.72. The lowest BCUT2D eigenvalue weighted by molar-refractivity contribution is -0.128. The Balaban J connectivity index is 2.31. The summed E-state index contributed by atoms with van der Waals surface area (Å²) in [7, 11) is 1.54. The molecule has 106 valence electrons. The number of aliphatic hydroxyl groups excluding tert-OH is 1. The van der Waals surface area contributed by atoms with Gasteiger partial charge in [0.2, 0.25) is 5.91 Å². The molecular weight excluding hydrogens is 232 g/mol. The summed E-state index contributed by atoms with van der Waals surface area (Å²) in [6.07, 6.45) is 3.62. The minimum Gasteiger partial charge on any atom is -0.391 e. The molecule has 1 amide bonds. The summed E-state index contributed by atoms with van der Waals surface area (Å²) in [5.74, 6) is 0.423. The predicted molar refractivity (Wildman–Crippen MR) is 70.1 cm³/mol. The molecule has 18 heavy (non-hydrogen) atoms. The normalized spacial score (nSPS) is 29.9. The van der Waals surface area contributed by atoms with Crippen LogP contribution in [0.4, 0.5) is 0 Å². The largest absolute Gasteiger partial charge is 0.391 e. The second-order valence-electron chi connectivity index (χ2n) is 5.51. The molecule has 1 saturated carbocycles. The average molecular weight is 258 g/mol. The Labute approximate surface area is 109 Å². The standard InChI is InChI=1S/C13H26N2O3/c1-10-4-3-6-13(14,8-10)12(17)15-7-5-11(16)9-18-2/h10-11,16H,3-9,14H2,1-2H3,(H,15,17). The highest BCUT2D eigenvalue weighted by Gasteiger charge is 2.37. The quantitative estimate of drug-likeness (QED) is 0.644. The van der Waals surface area contributed by atoms with Crippen LogP contribution >= 0.6 is 0 Å². The van der Waals surface area contributed by atoms with E-state index in [0.717, 1.165) is 25.7 Å². The van der Waals surface area contributed by atoms with Gasteiger partial charge in [-0.25, -0.2) is 0 Å². The van der Waals surface area contributed by atoms with Crippen molar-refractivity contribution in [2.75, 3.05) is 20.3 Å². The first-order valence-corrected chi connectivity index (χ1v) is 6.72. The lowest BCUT2D eigenvalue weighted by Gasteiger charge is -2.35. The van der Waals surface area contributed by atoms with Crippen molar-refractivity contribution in [1.29, 1.82) is 0 Å². The van der Waals surface area contributed by atoms with Crippen molar-refractivity contribution in [3.05, 3.63) is 0 Å². The highest BCUT2D eigenvalue weighted by atomic mass is 16.5. The number of nitrogens with two attached hydrogens (primary N) is 1. The van der Waals surface area contributed by atoms with Crippen molar-refractivity contribution >= 4 is 5.91 Å². The number of nitrogens with one attached hydrogen (secondary N) is 1. The molecule has 1 fully saturated rings. The molecule has 1 aliphatic carbocycles. The summed E-state index contributed by atoms with van der Waals surface area (Å²) in [4.78, 5) is 12.1. The van der Waals surface area contributed by atoms with Crippen LogP contribution < -0.4 is 11.1 Å². The number of methoxy groups -OCH3 is 1. The average Bonchev–Trinajstić information content (AvgIpc) is 2.28. The van der Waals surface area contributed by atoms with Gasteiger partial charge in [0.25, 0.3) is 0 Å². The van der Waals surface area contributed by atoms with Gasteiger partial charge in [-0.05, 0) is 25.2 Å². The Morgan fingerprint density at radius 1 is 1.67 bits per heavy atom. The highest BCUT2D eigenvalue weighted by molar-refractivity contribution is 5.86. The molecule has 4 N–H and O–H groups in total. The summed E-state index contributed by atoms with van der Waals surface area (Å²) >= 11 is 0. The van der Waals surface area contributed by atoms with E-state index in [-0.39, 0.29) is 5.91 Å². The number of rotatable bonds is 6. The number of ether oxygens (including phenoxy) is 1. The van der Waals surface area contributed by atoms with Crippen LogP contribution in [0.1, 0.15) is 39.0 Å². The van der Waals surface area contributed by atoms with E-state index in [1.165, 1.54) is 0 Å². The molecule has 0 saturated heterocycles. The van der Waals surface area contributed by atoms with Crippen molar-refractivity contribution in [3.8, 4) is 0 Å². The fourth-order valence-electron chi connectivity index (χ4n) is 2.60. The van der Waals surface area contributed by atoms with Gasteiger partial charge in [-0.2, -0.15) is 0 Å². The molecule has 3 atom stereocenters. The molecule has 1 aliphatic rings. The van der Waals surface area contributed by atoms with Gasteiger partial charge in [-0.3, -0.25) is 4.79 Å². The predicted octanol–water partition coefficient (Wildman–Crippen LogP) is 0.408. The summed E-state index contributed by atoms with van der Waals surface area (Å²) < 4.78 is 4.82. The van der Waals surface area contributed by atoms with E-state index in [0.29, 0.717) is 25.5 Å². The van der Waals surface area contributed by atoms with Gasteiger partial charge in [0.05, 0.1) is 18.2 Å². The van der Waals surface area contributed by atoms with Crippen LogP contribution in [0.5, 0.6) is 0 Å². The molecule has 0 bridgehead atoms. The number of hydrogen-bond acceptors (Lipinski definition) is 4. The zero-order valence-electron chi connectivity index (χ0n) is 11.4. The van der Waals surface area contributed by atoms with Crippen LogP contribution in [0, 0.1) is 5.92 Å². The van der Waals surface area contributed by atoms with Gasteiger partial charge in [-0.15, -0.1) is 0 Å². The molecule has 0 aromatic carbocycles. The van der Waals surface area contributed by atoms with E-state index in [9.17, 15) is 9.90 Å². The van der Waals surface area contributed by atoms with E-state index in [1.807, 2.05) is 0 Å². The summed E-state index contributed by atoms with van der Waals surface area (Å²) in [5, 5.41) is 12.3. The van der Waals surface area contributed by atoms with E-state index < -0.39 is 11.6 Å². The third kappa shape index (κ3) is 4.55. The molecule has 1 rings (SSSR count). The van der Waals surface area contributed by atoms with E-state index in [2.05, 4.69) is 12.2 Å². The highest BCUT2D eigenvalue weighted by Crippen LogP contribution is 2.30.